The third kappa shape index (κ3) is 4.05. The van der Waals surface area contributed by atoms with E-state index in [0.29, 0.717) is 12.1 Å². The summed E-state index contributed by atoms with van der Waals surface area (Å²) in [6.45, 7) is 10.2. The van der Waals surface area contributed by atoms with Crippen LogP contribution in [0.25, 0.3) is 0 Å². The Morgan fingerprint density at radius 2 is 2.26 bits per heavy atom. The van der Waals surface area contributed by atoms with Gasteiger partial charge >= 0.3 is 0 Å². The molecule has 0 aliphatic carbocycles. The van der Waals surface area contributed by atoms with Gasteiger partial charge in [-0.15, -0.1) is 0 Å². The fraction of sp³-hybridized carbons (Fsp3) is 0.800. The van der Waals surface area contributed by atoms with Gasteiger partial charge in [-0.05, 0) is 18.8 Å². The first kappa shape index (κ1) is 14.5. The fourth-order valence-electron chi connectivity index (χ4n) is 3.04. The average Bonchev–Trinajstić information content (AvgIpc) is 2.74. The molecule has 1 saturated heterocycles. The van der Waals surface area contributed by atoms with Crippen LogP contribution < -0.4 is 5.32 Å². The van der Waals surface area contributed by atoms with Crippen LogP contribution in [0.5, 0.6) is 0 Å². The molecule has 0 saturated carbocycles. The third-order valence-electron chi connectivity index (χ3n) is 3.98. The van der Waals surface area contributed by atoms with Crippen LogP contribution >= 0.6 is 0 Å². The Morgan fingerprint density at radius 1 is 1.47 bits per heavy atom. The second-order valence-corrected chi connectivity index (χ2v) is 6.25. The first-order chi connectivity index (χ1) is 9.08. The summed E-state index contributed by atoms with van der Waals surface area (Å²) in [4.78, 5) is 2.63. The first-order valence-corrected chi connectivity index (χ1v) is 7.53. The van der Waals surface area contributed by atoms with E-state index < -0.39 is 0 Å². The lowest BCUT2D eigenvalue weighted by atomic mass is 9.98. The highest BCUT2D eigenvalue weighted by molar-refractivity contribution is 5.04. The monoisotopic (exact) mass is 264 g/mol. The molecular formula is C15H28N4. The number of piperazine rings is 1. The van der Waals surface area contributed by atoms with Gasteiger partial charge in [0.1, 0.15) is 0 Å². The highest BCUT2D eigenvalue weighted by atomic mass is 15.3. The van der Waals surface area contributed by atoms with Crippen molar-refractivity contribution in [2.75, 3.05) is 13.1 Å². The van der Waals surface area contributed by atoms with Crippen molar-refractivity contribution in [2.24, 2.45) is 13.0 Å². The zero-order chi connectivity index (χ0) is 13.8. The first-order valence-electron chi connectivity index (χ1n) is 7.53. The van der Waals surface area contributed by atoms with Gasteiger partial charge in [-0.3, -0.25) is 9.58 Å². The molecule has 1 aliphatic rings. The van der Waals surface area contributed by atoms with Crippen LogP contribution in [-0.2, 0) is 13.6 Å². The van der Waals surface area contributed by atoms with Crippen molar-refractivity contribution < 1.29 is 0 Å². The predicted molar refractivity (Wildman–Crippen MR) is 78.9 cm³/mol. The van der Waals surface area contributed by atoms with Crippen molar-refractivity contribution in [3.63, 3.8) is 0 Å². The van der Waals surface area contributed by atoms with Crippen molar-refractivity contribution in [2.45, 2.75) is 52.2 Å². The fourth-order valence-corrected chi connectivity index (χ4v) is 3.04. The van der Waals surface area contributed by atoms with Gasteiger partial charge in [0.15, 0.2) is 0 Å². The Kier molecular flexibility index (Phi) is 4.99. The summed E-state index contributed by atoms with van der Waals surface area (Å²) in [5, 5.41) is 7.98. The molecule has 1 N–H and O–H groups in total. The van der Waals surface area contributed by atoms with Crippen LogP contribution in [0.4, 0.5) is 0 Å². The van der Waals surface area contributed by atoms with Gasteiger partial charge in [-0.25, -0.2) is 0 Å². The highest BCUT2D eigenvalue weighted by Gasteiger charge is 2.27. The molecule has 1 aromatic rings. The van der Waals surface area contributed by atoms with Gasteiger partial charge in [-0.2, -0.15) is 5.10 Å². The molecule has 0 bridgehead atoms. The molecule has 0 aromatic carbocycles. The number of hydrogen-bond acceptors (Lipinski definition) is 3. The summed E-state index contributed by atoms with van der Waals surface area (Å²) in [6.07, 6.45) is 6.60. The van der Waals surface area contributed by atoms with Gasteiger partial charge in [0.05, 0.1) is 6.20 Å². The number of nitrogens with one attached hydrogen (secondary N) is 1. The van der Waals surface area contributed by atoms with E-state index in [1.54, 1.807) is 0 Å². The quantitative estimate of drug-likeness (QED) is 0.883. The van der Waals surface area contributed by atoms with E-state index in [2.05, 4.69) is 42.3 Å². The van der Waals surface area contributed by atoms with Crippen LogP contribution in [0.2, 0.25) is 0 Å². The van der Waals surface area contributed by atoms with Crippen molar-refractivity contribution >= 4 is 0 Å². The highest BCUT2D eigenvalue weighted by Crippen LogP contribution is 2.17. The Morgan fingerprint density at radius 3 is 2.84 bits per heavy atom. The molecule has 4 heteroatoms. The predicted octanol–water partition coefficient (Wildman–Crippen LogP) is 2.02. The molecule has 0 amide bonds. The second kappa shape index (κ2) is 6.53. The van der Waals surface area contributed by atoms with Crippen LogP contribution in [0, 0.1) is 5.92 Å². The number of nitrogens with zero attached hydrogens (tertiary/aromatic N) is 3. The zero-order valence-electron chi connectivity index (χ0n) is 12.8. The summed E-state index contributed by atoms with van der Waals surface area (Å²) < 4.78 is 1.89. The smallest absolute Gasteiger partial charge is 0.0534 e. The lowest BCUT2D eigenvalue weighted by Gasteiger charge is -2.40. The molecule has 2 unspecified atom stereocenters. The molecule has 1 aliphatic heterocycles. The van der Waals surface area contributed by atoms with Crippen molar-refractivity contribution in [1.29, 1.82) is 0 Å². The number of aryl methyl sites for hydroxylation is 1. The minimum Gasteiger partial charge on any atom is -0.311 e. The standard InChI is InChI=1S/C15H28N4/c1-5-15-8-16-14(6-12(2)3)11-19(15)10-13-7-17-18(4)9-13/h7,9,12,14-16H,5-6,8,10-11H2,1-4H3. The SMILES string of the molecule is CCC1CNC(CC(C)C)CN1Cc1cnn(C)c1. The van der Waals surface area contributed by atoms with Crippen LogP contribution in [0.3, 0.4) is 0 Å². The Balaban J connectivity index is 1.97. The molecule has 2 rings (SSSR count). The van der Waals surface area contributed by atoms with E-state index in [9.17, 15) is 0 Å². The molecule has 108 valence electrons. The molecule has 0 radical (unpaired) electrons. The molecule has 1 aromatic heterocycles. The molecule has 19 heavy (non-hydrogen) atoms. The molecule has 1 fully saturated rings. The summed E-state index contributed by atoms with van der Waals surface area (Å²) in [6, 6.07) is 1.29. The summed E-state index contributed by atoms with van der Waals surface area (Å²) >= 11 is 0. The number of rotatable bonds is 5. The Hall–Kier alpha value is -0.870. The summed E-state index contributed by atoms with van der Waals surface area (Å²) in [7, 11) is 1.99. The van der Waals surface area contributed by atoms with Gasteiger partial charge in [0.2, 0.25) is 0 Å². The van der Waals surface area contributed by atoms with E-state index in [-0.39, 0.29) is 0 Å². The lowest BCUT2D eigenvalue weighted by Crippen LogP contribution is -2.56. The number of hydrogen-bond donors (Lipinski definition) is 1. The maximum Gasteiger partial charge on any atom is 0.0534 e. The van der Waals surface area contributed by atoms with E-state index >= 15 is 0 Å². The lowest BCUT2D eigenvalue weighted by molar-refractivity contribution is 0.111. The summed E-state index contributed by atoms with van der Waals surface area (Å²) in [5.41, 5.74) is 1.33. The Labute approximate surface area is 117 Å². The maximum absolute atomic E-state index is 4.27. The number of aromatic nitrogens is 2. The molecule has 4 nitrogen and oxygen atoms in total. The van der Waals surface area contributed by atoms with Gasteiger partial charge < -0.3 is 5.32 Å². The van der Waals surface area contributed by atoms with Crippen LogP contribution in [0.15, 0.2) is 12.4 Å². The second-order valence-electron chi connectivity index (χ2n) is 6.25. The molecule has 2 atom stereocenters. The van der Waals surface area contributed by atoms with Gasteiger partial charge in [0, 0.05) is 50.5 Å². The van der Waals surface area contributed by atoms with E-state index in [4.69, 9.17) is 0 Å². The van der Waals surface area contributed by atoms with Crippen molar-refractivity contribution in [1.82, 2.24) is 20.0 Å². The van der Waals surface area contributed by atoms with Crippen molar-refractivity contribution in [3.05, 3.63) is 18.0 Å². The van der Waals surface area contributed by atoms with Crippen LogP contribution in [0.1, 0.15) is 39.2 Å². The van der Waals surface area contributed by atoms with Gasteiger partial charge in [0.25, 0.3) is 0 Å². The zero-order valence-corrected chi connectivity index (χ0v) is 12.8. The minimum atomic E-state index is 0.638. The van der Waals surface area contributed by atoms with E-state index in [0.717, 1.165) is 25.6 Å². The largest absolute Gasteiger partial charge is 0.311 e. The van der Waals surface area contributed by atoms with E-state index in [1.807, 2.05) is 17.9 Å². The van der Waals surface area contributed by atoms with Gasteiger partial charge in [-0.1, -0.05) is 20.8 Å². The average molecular weight is 264 g/mol. The van der Waals surface area contributed by atoms with Crippen LogP contribution in [-0.4, -0.2) is 39.9 Å². The third-order valence-corrected chi connectivity index (χ3v) is 3.98. The Bertz CT molecular complexity index is 385. The summed E-state index contributed by atoms with van der Waals surface area (Å²) in [5.74, 6) is 0.760. The molecule has 0 spiro atoms. The topological polar surface area (TPSA) is 33.1 Å². The van der Waals surface area contributed by atoms with Crippen molar-refractivity contribution in [3.8, 4) is 0 Å². The molecule has 2 heterocycles. The van der Waals surface area contributed by atoms with E-state index in [1.165, 1.54) is 18.4 Å². The normalized spacial score (nSPS) is 25.1. The minimum absolute atomic E-state index is 0.638. The maximum atomic E-state index is 4.27. The molecular weight excluding hydrogens is 236 g/mol.